The number of aromatic nitrogens is 4. The number of methoxy groups -OCH3 is 1. The molecule has 2 rings (SSSR count). The third-order valence-corrected chi connectivity index (χ3v) is 2.48. The first-order valence-electron chi connectivity index (χ1n) is 5.15. The monoisotopic (exact) mass is 218 g/mol. The first-order chi connectivity index (χ1) is 7.79. The molecule has 0 spiro atoms. The Balaban J connectivity index is 1.97. The SMILES string of the molecule is COc1ccc(CCn2nnnc2C)cc1. The molecule has 0 saturated heterocycles. The van der Waals surface area contributed by atoms with E-state index in [-0.39, 0.29) is 0 Å². The molecule has 0 radical (unpaired) electrons. The predicted molar refractivity (Wildman–Crippen MR) is 59.3 cm³/mol. The van der Waals surface area contributed by atoms with E-state index < -0.39 is 0 Å². The molecule has 5 heteroatoms. The summed E-state index contributed by atoms with van der Waals surface area (Å²) in [6, 6.07) is 8.03. The Morgan fingerprint density at radius 2 is 2.00 bits per heavy atom. The summed E-state index contributed by atoms with van der Waals surface area (Å²) in [5, 5.41) is 11.3. The number of tetrazole rings is 1. The van der Waals surface area contributed by atoms with Gasteiger partial charge < -0.3 is 4.74 Å². The molecule has 84 valence electrons. The van der Waals surface area contributed by atoms with Gasteiger partial charge in [-0.15, -0.1) is 5.10 Å². The normalized spacial score (nSPS) is 10.4. The van der Waals surface area contributed by atoms with Crippen molar-refractivity contribution >= 4 is 0 Å². The van der Waals surface area contributed by atoms with Crippen LogP contribution in [0.1, 0.15) is 11.4 Å². The third-order valence-electron chi connectivity index (χ3n) is 2.48. The molecule has 0 saturated carbocycles. The fourth-order valence-corrected chi connectivity index (χ4v) is 1.48. The Labute approximate surface area is 94.0 Å². The molecule has 0 unspecified atom stereocenters. The van der Waals surface area contributed by atoms with Gasteiger partial charge in [0.25, 0.3) is 0 Å². The van der Waals surface area contributed by atoms with Crippen molar-refractivity contribution in [2.24, 2.45) is 0 Å². The molecule has 0 bridgehead atoms. The van der Waals surface area contributed by atoms with Crippen molar-refractivity contribution in [1.82, 2.24) is 20.2 Å². The molecule has 0 N–H and O–H groups in total. The van der Waals surface area contributed by atoms with Crippen LogP contribution in [0.25, 0.3) is 0 Å². The Hall–Kier alpha value is -1.91. The highest BCUT2D eigenvalue weighted by molar-refractivity contribution is 5.27. The van der Waals surface area contributed by atoms with Crippen LogP contribution in [0.4, 0.5) is 0 Å². The lowest BCUT2D eigenvalue weighted by Crippen LogP contribution is -2.05. The fraction of sp³-hybridized carbons (Fsp3) is 0.364. The number of nitrogens with zero attached hydrogens (tertiary/aromatic N) is 4. The number of benzene rings is 1. The van der Waals surface area contributed by atoms with E-state index in [1.165, 1.54) is 5.56 Å². The zero-order valence-electron chi connectivity index (χ0n) is 9.42. The lowest BCUT2D eigenvalue weighted by molar-refractivity contribution is 0.414. The van der Waals surface area contributed by atoms with Crippen molar-refractivity contribution in [3.05, 3.63) is 35.7 Å². The first-order valence-corrected chi connectivity index (χ1v) is 5.15. The molecule has 0 fully saturated rings. The molecule has 1 aromatic heterocycles. The van der Waals surface area contributed by atoms with E-state index in [1.54, 1.807) is 11.8 Å². The van der Waals surface area contributed by atoms with E-state index in [2.05, 4.69) is 27.7 Å². The minimum atomic E-state index is 0.797. The zero-order chi connectivity index (χ0) is 11.4. The number of hydrogen-bond donors (Lipinski definition) is 0. The van der Waals surface area contributed by atoms with E-state index >= 15 is 0 Å². The molecular formula is C11H14N4O. The molecule has 0 atom stereocenters. The number of rotatable bonds is 4. The van der Waals surface area contributed by atoms with Gasteiger partial charge in [0.15, 0.2) is 0 Å². The van der Waals surface area contributed by atoms with E-state index in [4.69, 9.17) is 4.74 Å². The fourth-order valence-electron chi connectivity index (χ4n) is 1.48. The second-order valence-corrected chi connectivity index (χ2v) is 3.55. The summed E-state index contributed by atoms with van der Waals surface area (Å²) in [6.07, 6.45) is 0.913. The highest BCUT2D eigenvalue weighted by atomic mass is 16.5. The van der Waals surface area contributed by atoms with Gasteiger partial charge in [-0.2, -0.15) is 0 Å². The first kappa shape index (κ1) is 10.6. The molecule has 2 aromatic rings. The molecule has 5 nitrogen and oxygen atoms in total. The van der Waals surface area contributed by atoms with Gasteiger partial charge in [0.05, 0.1) is 7.11 Å². The average Bonchev–Trinajstić information content (AvgIpc) is 2.73. The van der Waals surface area contributed by atoms with Gasteiger partial charge >= 0.3 is 0 Å². The van der Waals surface area contributed by atoms with Crippen LogP contribution in [-0.4, -0.2) is 27.3 Å². The van der Waals surface area contributed by atoms with Crippen molar-refractivity contribution in [3.8, 4) is 5.75 Å². The predicted octanol–water partition coefficient (Wildman–Crippen LogP) is 1.23. The highest BCUT2D eigenvalue weighted by Gasteiger charge is 2.00. The molecule has 0 amide bonds. The number of aryl methyl sites for hydroxylation is 3. The maximum Gasteiger partial charge on any atom is 0.148 e. The lowest BCUT2D eigenvalue weighted by Gasteiger charge is -2.04. The summed E-state index contributed by atoms with van der Waals surface area (Å²) in [5.41, 5.74) is 1.25. The Morgan fingerprint density at radius 3 is 2.56 bits per heavy atom. The van der Waals surface area contributed by atoms with Crippen LogP contribution in [0.2, 0.25) is 0 Å². The van der Waals surface area contributed by atoms with Crippen molar-refractivity contribution in [2.45, 2.75) is 19.9 Å². The zero-order valence-corrected chi connectivity index (χ0v) is 9.42. The van der Waals surface area contributed by atoms with Crippen LogP contribution in [0.3, 0.4) is 0 Å². The van der Waals surface area contributed by atoms with E-state index in [0.29, 0.717) is 0 Å². The number of ether oxygens (including phenoxy) is 1. The maximum absolute atomic E-state index is 5.10. The maximum atomic E-state index is 5.10. The van der Waals surface area contributed by atoms with Crippen LogP contribution in [0.5, 0.6) is 5.75 Å². The summed E-state index contributed by atoms with van der Waals surface area (Å²) in [6.45, 7) is 2.69. The van der Waals surface area contributed by atoms with Gasteiger partial charge in [-0.3, -0.25) is 0 Å². The average molecular weight is 218 g/mol. The minimum absolute atomic E-state index is 0.797. The van der Waals surface area contributed by atoms with Gasteiger partial charge in [0, 0.05) is 6.54 Å². The van der Waals surface area contributed by atoms with Crippen molar-refractivity contribution in [1.29, 1.82) is 0 Å². The van der Waals surface area contributed by atoms with Gasteiger partial charge in [0.1, 0.15) is 11.6 Å². The summed E-state index contributed by atoms with van der Waals surface area (Å²) in [5.74, 6) is 1.72. The van der Waals surface area contributed by atoms with E-state index in [9.17, 15) is 0 Å². The molecule has 0 aliphatic rings. The summed E-state index contributed by atoms with van der Waals surface area (Å²) in [7, 11) is 1.67. The quantitative estimate of drug-likeness (QED) is 0.774. The van der Waals surface area contributed by atoms with Crippen LogP contribution < -0.4 is 4.74 Å². The Kier molecular flexibility index (Phi) is 3.14. The molecule has 0 aliphatic heterocycles. The largest absolute Gasteiger partial charge is 0.497 e. The summed E-state index contributed by atoms with van der Waals surface area (Å²) >= 11 is 0. The van der Waals surface area contributed by atoms with E-state index in [1.807, 2.05) is 19.1 Å². The van der Waals surface area contributed by atoms with Crippen molar-refractivity contribution in [2.75, 3.05) is 7.11 Å². The lowest BCUT2D eigenvalue weighted by atomic mass is 10.1. The van der Waals surface area contributed by atoms with E-state index in [0.717, 1.165) is 24.5 Å². The van der Waals surface area contributed by atoms with Crippen LogP contribution >= 0.6 is 0 Å². The second kappa shape index (κ2) is 4.74. The third kappa shape index (κ3) is 2.36. The van der Waals surface area contributed by atoms with Gasteiger partial charge in [-0.25, -0.2) is 4.68 Å². The van der Waals surface area contributed by atoms with Crippen molar-refractivity contribution in [3.63, 3.8) is 0 Å². The molecule has 1 heterocycles. The minimum Gasteiger partial charge on any atom is -0.497 e. The van der Waals surface area contributed by atoms with Crippen LogP contribution in [0, 0.1) is 6.92 Å². The van der Waals surface area contributed by atoms with Gasteiger partial charge in [0.2, 0.25) is 0 Å². The highest BCUT2D eigenvalue weighted by Crippen LogP contribution is 2.12. The Morgan fingerprint density at radius 1 is 1.25 bits per heavy atom. The topological polar surface area (TPSA) is 52.8 Å². The summed E-state index contributed by atoms with van der Waals surface area (Å²) in [4.78, 5) is 0. The molecule has 0 aliphatic carbocycles. The molecular weight excluding hydrogens is 204 g/mol. The van der Waals surface area contributed by atoms with Gasteiger partial charge in [-0.05, 0) is 41.5 Å². The van der Waals surface area contributed by atoms with Gasteiger partial charge in [-0.1, -0.05) is 12.1 Å². The molecule has 16 heavy (non-hydrogen) atoms. The molecule has 1 aromatic carbocycles. The van der Waals surface area contributed by atoms with Crippen LogP contribution in [-0.2, 0) is 13.0 Å². The standard InChI is InChI=1S/C11H14N4O/c1-9-12-13-14-15(9)8-7-10-3-5-11(16-2)6-4-10/h3-6H,7-8H2,1-2H3. The Bertz CT molecular complexity index is 449. The van der Waals surface area contributed by atoms with Crippen molar-refractivity contribution < 1.29 is 4.74 Å². The summed E-state index contributed by atoms with van der Waals surface area (Å²) < 4.78 is 6.90. The smallest absolute Gasteiger partial charge is 0.148 e. The number of hydrogen-bond acceptors (Lipinski definition) is 4. The second-order valence-electron chi connectivity index (χ2n) is 3.55. The van der Waals surface area contributed by atoms with Crippen LogP contribution in [0.15, 0.2) is 24.3 Å².